The van der Waals surface area contributed by atoms with Crippen molar-refractivity contribution in [2.75, 3.05) is 13.2 Å². The van der Waals surface area contributed by atoms with Gasteiger partial charge in [0.15, 0.2) is 17.3 Å². The minimum Gasteiger partial charge on any atom is -0.486 e. The van der Waals surface area contributed by atoms with E-state index in [4.69, 9.17) is 9.47 Å². The Morgan fingerprint density at radius 3 is 3.00 bits per heavy atom. The molecule has 0 saturated heterocycles. The van der Waals surface area contributed by atoms with Crippen molar-refractivity contribution in [1.82, 2.24) is 20.1 Å². The molecule has 23 heavy (non-hydrogen) atoms. The molecule has 2 aromatic rings. The number of hydrogen-bond acceptors (Lipinski definition) is 5. The van der Waals surface area contributed by atoms with E-state index in [2.05, 4.69) is 39.1 Å². The lowest BCUT2D eigenvalue weighted by Crippen LogP contribution is -2.37. The molecule has 0 aliphatic carbocycles. The van der Waals surface area contributed by atoms with Gasteiger partial charge in [-0.25, -0.2) is 9.67 Å². The predicted octanol–water partition coefficient (Wildman–Crippen LogP) is 1.72. The molecule has 122 valence electrons. The van der Waals surface area contributed by atoms with E-state index in [9.17, 15) is 0 Å². The second kappa shape index (κ2) is 6.20. The number of fused-ring (bicyclic) bond motifs is 2. The Kier molecular flexibility index (Phi) is 3.91. The van der Waals surface area contributed by atoms with E-state index in [0.29, 0.717) is 19.3 Å². The van der Waals surface area contributed by atoms with Gasteiger partial charge in [-0.1, -0.05) is 13.0 Å². The highest BCUT2D eigenvalue weighted by molar-refractivity contribution is 5.43. The van der Waals surface area contributed by atoms with Gasteiger partial charge < -0.3 is 14.8 Å². The second-order valence-electron chi connectivity index (χ2n) is 6.07. The molecule has 0 fully saturated rings. The van der Waals surface area contributed by atoms with Crippen molar-refractivity contribution >= 4 is 0 Å². The van der Waals surface area contributed by atoms with Crippen LogP contribution in [0.15, 0.2) is 18.2 Å². The average Bonchev–Trinajstić information content (AvgIpc) is 3.02. The standard InChI is InChI=1S/C17H22N4O2/c1-2-16-19-17-6-4-13(11-21(17)20-16)18-10-12-3-5-14-15(9-12)23-8-7-22-14/h3,5,9,13,18H,2,4,6-8,10-11H2,1H3. The number of rotatable bonds is 4. The summed E-state index contributed by atoms with van der Waals surface area (Å²) in [6.45, 7) is 5.08. The second-order valence-corrected chi connectivity index (χ2v) is 6.07. The highest BCUT2D eigenvalue weighted by Gasteiger charge is 2.21. The fourth-order valence-corrected chi connectivity index (χ4v) is 3.14. The van der Waals surface area contributed by atoms with Crippen LogP contribution in [-0.4, -0.2) is 34.0 Å². The first-order valence-corrected chi connectivity index (χ1v) is 8.36. The number of benzene rings is 1. The van der Waals surface area contributed by atoms with Crippen LogP contribution in [0.5, 0.6) is 11.5 Å². The molecule has 0 bridgehead atoms. The minimum absolute atomic E-state index is 0.433. The molecule has 2 aliphatic heterocycles. The monoisotopic (exact) mass is 314 g/mol. The molecule has 6 nitrogen and oxygen atoms in total. The fraction of sp³-hybridized carbons (Fsp3) is 0.529. The Balaban J connectivity index is 1.38. The number of nitrogens with zero attached hydrogens (tertiary/aromatic N) is 3. The maximum atomic E-state index is 5.64. The molecule has 1 unspecified atom stereocenters. The number of hydrogen-bond donors (Lipinski definition) is 1. The summed E-state index contributed by atoms with van der Waals surface area (Å²) in [6, 6.07) is 6.59. The van der Waals surface area contributed by atoms with Crippen molar-refractivity contribution in [1.29, 1.82) is 0 Å². The summed E-state index contributed by atoms with van der Waals surface area (Å²) < 4.78 is 13.3. The van der Waals surface area contributed by atoms with Crippen LogP contribution in [0.25, 0.3) is 0 Å². The summed E-state index contributed by atoms with van der Waals surface area (Å²) in [5.41, 5.74) is 1.22. The van der Waals surface area contributed by atoms with Gasteiger partial charge in [0, 0.05) is 25.4 Å². The van der Waals surface area contributed by atoms with Gasteiger partial charge in [-0.2, -0.15) is 5.10 Å². The number of ether oxygens (including phenoxy) is 2. The first-order valence-electron chi connectivity index (χ1n) is 8.36. The molecule has 4 rings (SSSR count). The third-order valence-electron chi connectivity index (χ3n) is 4.42. The van der Waals surface area contributed by atoms with Gasteiger partial charge in [0.1, 0.15) is 19.0 Å². The molecule has 3 heterocycles. The molecule has 0 amide bonds. The molecule has 6 heteroatoms. The van der Waals surface area contributed by atoms with Crippen molar-refractivity contribution in [3.63, 3.8) is 0 Å². The third kappa shape index (κ3) is 3.03. The number of nitrogens with one attached hydrogen (secondary N) is 1. The van der Waals surface area contributed by atoms with Gasteiger partial charge >= 0.3 is 0 Å². The van der Waals surface area contributed by atoms with E-state index in [1.807, 2.05) is 6.07 Å². The van der Waals surface area contributed by atoms with Crippen molar-refractivity contribution < 1.29 is 9.47 Å². The van der Waals surface area contributed by atoms with Gasteiger partial charge in [-0.3, -0.25) is 0 Å². The predicted molar refractivity (Wildman–Crippen MR) is 85.8 cm³/mol. The van der Waals surface area contributed by atoms with Crippen LogP contribution >= 0.6 is 0 Å². The highest BCUT2D eigenvalue weighted by atomic mass is 16.6. The molecular formula is C17H22N4O2. The molecule has 0 saturated carbocycles. The zero-order valence-electron chi connectivity index (χ0n) is 13.4. The third-order valence-corrected chi connectivity index (χ3v) is 4.42. The average molecular weight is 314 g/mol. The lowest BCUT2D eigenvalue weighted by atomic mass is 10.1. The normalized spacial score (nSPS) is 19.4. The van der Waals surface area contributed by atoms with E-state index in [-0.39, 0.29) is 0 Å². The van der Waals surface area contributed by atoms with Gasteiger partial charge in [0.05, 0.1) is 6.54 Å². The molecular weight excluding hydrogens is 292 g/mol. The van der Waals surface area contributed by atoms with E-state index >= 15 is 0 Å². The smallest absolute Gasteiger partial charge is 0.161 e. The van der Waals surface area contributed by atoms with Crippen LogP contribution in [0.4, 0.5) is 0 Å². The minimum atomic E-state index is 0.433. The van der Waals surface area contributed by atoms with E-state index in [0.717, 1.165) is 55.5 Å². The molecule has 1 atom stereocenters. The SMILES string of the molecule is CCc1nc2n(n1)CC(NCc1ccc3c(c1)OCCO3)CC2. The zero-order chi connectivity index (χ0) is 15.6. The van der Waals surface area contributed by atoms with Crippen LogP contribution in [0.3, 0.4) is 0 Å². The quantitative estimate of drug-likeness (QED) is 0.931. The molecule has 1 aromatic heterocycles. The van der Waals surface area contributed by atoms with Gasteiger partial charge in [-0.15, -0.1) is 0 Å². The van der Waals surface area contributed by atoms with Crippen molar-refractivity contribution in [3.8, 4) is 11.5 Å². The fourth-order valence-electron chi connectivity index (χ4n) is 3.14. The highest BCUT2D eigenvalue weighted by Crippen LogP contribution is 2.30. The maximum absolute atomic E-state index is 5.64. The van der Waals surface area contributed by atoms with E-state index < -0.39 is 0 Å². The Morgan fingerprint density at radius 2 is 2.13 bits per heavy atom. The maximum Gasteiger partial charge on any atom is 0.161 e. The molecule has 0 radical (unpaired) electrons. The van der Waals surface area contributed by atoms with E-state index in [1.165, 1.54) is 5.56 Å². The Bertz CT molecular complexity index is 698. The summed E-state index contributed by atoms with van der Waals surface area (Å²) in [5.74, 6) is 3.77. The Morgan fingerprint density at radius 1 is 1.26 bits per heavy atom. The van der Waals surface area contributed by atoms with Gasteiger partial charge in [-0.05, 0) is 24.1 Å². The van der Waals surface area contributed by atoms with Crippen LogP contribution in [0.2, 0.25) is 0 Å². The topological polar surface area (TPSA) is 61.2 Å². The lowest BCUT2D eigenvalue weighted by molar-refractivity contribution is 0.171. The van der Waals surface area contributed by atoms with E-state index in [1.54, 1.807) is 0 Å². The molecule has 0 spiro atoms. The molecule has 2 aliphatic rings. The Labute approximate surface area is 135 Å². The van der Waals surface area contributed by atoms with Gasteiger partial charge in [0.2, 0.25) is 0 Å². The van der Waals surface area contributed by atoms with Crippen molar-refractivity contribution in [3.05, 3.63) is 35.4 Å². The van der Waals surface area contributed by atoms with Crippen LogP contribution in [0.1, 0.15) is 30.6 Å². The van der Waals surface area contributed by atoms with Crippen LogP contribution < -0.4 is 14.8 Å². The largest absolute Gasteiger partial charge is 0.486 e. The number of aryl methyl sites for hydroxylation is 2. The van der Waals surface area contributed by atoms with Crippen molar-refractivity contribution in [2.24, 2.45) is 0 Å². The molecule has 1 aromatic carbocycles. The summed E-state index contributed by atoms with van der Waals surface area (Å²) in [4.78, 5) is 4.56. The first kappa shape index (κ1) is 14.5. The summed E-state index contributed by atoms with van der Waals surface area (Å²) in [5, 5.41) is 8.19. The van der Waals surface area contributed by atoms with Crippen LogP contribution in [-0.2, 0) is 25.9 Å². The number of aromatic nitrogens is 3. The Hall–Kier alpha value is -2.08. The lowest BCUT2D eigenvalue weighted by Gasteiger charge is -2.24. The summed E-state index contributed by atoms with van der Waals surface area (Å²) >= 11 is 0. The molecule has 1 N–H and O–H groups in total. The summed E-state index contributed by atoms with van der Waals surface area (Å²) in [7, 11) is 0. The van der Waals surface area contributed by atoms with Crippen LogP contribution in [0, 0.1) is 0 Å². The van der Waals surface area contributed by atoms with Gasteiger partial charge in [0.25, 0.3) is 0 Å². The first-order chi connectivity index (χ1) is 11.3. The zero-order valence-corrected chi connectivity index (χ0v) is 13.4. The summed E-state index contributed by atoms with van der Waals surface area (Å²) in [6.07, 6.45) is 2.99. The van der Waals surface area contributed by atoms with Crippen molar-refractivity contribution in [2.45, 2.75) is 45.3 Å².